The van der Waals surface area contributed by atoms with E-state index >= 15 is 0 Å². The summed E-state index contributed by atoms with van der Waals surface area (Å²) in [5, 5.41) is 34.0. The molecule has 0 aromatic carbocycles. The van der Waals surface area contributed by atoms with Gasteiger partial charge >= 0.3 is 0 Å². The fourth-order valence-corrected chi connectivity index (χ4v) is 1.27. The molecular formula is C12H30N2O4. The van der Waals surface area contributed by atoms with Gasteiger partial charge in [-0.2, -0.15) is 0 Å². The molecule has 6 heteroatoms. The van der Waals surface area contributed by atoms with Gasteiger partial charge in [-0.1, -0.05) is 0 Å². The van der Waals surface area contributed by atoms with Crippen LogP contribution in [-0.2, 0) is 0 Å². The minimum absolute atomic E-state index is 0.155. The molecule has 0 saturated carbocycles. The third kappa shape index (κ3) is 18.1. The number of nitrogens with zero attached hydrogens (tertiary/aromatic N) is 2. The molecule has 0 spiro atoms. The molecule has 0 aliphatic heterocycles. The average molecular weight is 266 g/mol. The summed E-state index contributed by atoms with van der Waals surface area (Å²) < 4.78 is 0. The number of aliphatic hydroxyl groups excluding tert-OH is 4. The zero-order valence-corrected chi connectivity index (χ0v) is 11.9. The maximum absolute atomic E-state index is 8.74. The van der Waals surface area contributed by atoms with Gasteiger partial charge < -0.3 is 30.2 Å². The Hall–Kier alpha value is -0.240. The van der Waals surface area contributed by atoms with Crippen LogP contribution in [0.15, 0.2) is 0 Å². The fraction of sp³-hybridized carbons (Fsp3) is 1.00. The van der Waals surface area contributed by atoms with Gasteiger partial charge in [-0.3, -0.25) is 0 Å². The van der Waals surface area contributed by atoms with E-state index in [9.17, 15) is 0 Å². The van der Waals surface area contributed by atoms with E-state index in [2.05, 4.69) is 4.90 Å². The molecular weight excluding hydrogens is 236 g/mol. The molecule has 0 saturated heterocycles. The Balaban J connectivity index is 0. The first-order valence-electron chi connectivity index (χ1n) is 6.31. The van der Waals surface area contributed by atoms with E-state index in [1.165, 1.54) is 0 Å². The number of likely N-dealkylation sites (N-methyl/N-ethyl adjacent to an activating group) is 1. The van der Waals surface area contributed by atoms with Gasteiger partial charge in [0.05, 0.1) is 12.7 Å². The molecule has 1 atom stereocenters. The van der Waals surface area contributed by atoms with Gasteiger partial charge in [0.15, 0.2) is 0 Å². The van der Waals surface area contributed by atoms with E-state index < -0.39 is 6.10 Å². The van der Waals surface area contributed by atoms with Gasteiger partial charge in [0.2, 0.25) is 0 Å². The molecule has 0 aromatic heterocycles. The molecule has 0 bridgehead atoms. The first-order chi connectivity index (χ1) is 8.47. The van der Waals surface area contributed by atoms with Crippen molar-refractivity contribution in [3.63, 3.8) is 0 Å². The highest BCUT2D eigenvalue weighted by atomic mass is 16.3. The third-order valence-electron chi connectivity index (χ3n) is 2.18. The van der Waals surface area contributed by atoms with Gasteiger partial charge in [0.25, 0.3) is 0 Å². The molecule has 6 nitrogen and oxygen atoms in total. The van der Waals surface area contributed by atoms with E-state index in [-0.39, 0.29) is 19.8 Å². The molecule has 1 unspecified atom stereocenters. The van der Waals surface area contributed by atoms with Crippen LogP contribution in [0.1, 0.15) is 12.8 Å². The Morgan fingerprint density at radius 1 is 0.889 bits per heavy atom. The van der Waals surface area contributed by atoms with Gasteiger partial charge in [0, 0.05) is 32.8 Å². The normalized spacial score (nSPS) is 12.5. The first kappa shape index (κ1) is 20.1. The van der Waals surface area contributed by atoms with Gasteiger partial charge in [-0.15, -0.1) is 0 Å². The van der Waals surface area contributed by atoms with Crippen LogP contribution in [0.25, 0.3) is 0 Å². The number of aliphatic hydroxyl groups is 4. The molecule has 0 aliphatic carbocycles. The molecule has 0 heterocycles. The molecule has 18 heavy (non-hydrogen) atoms. The summed E-state index contributed by atoms with van der Waals surface area (Å²) in [4.78, 5) is 3.92. The SMILES string of the molecule is CN(C)CC(O)CO.CN(CCCO)CCCO. The maximum atomic E-state index is 8.74. The summed E-state index contributed by atoms with van der Waals surface area (Å²) in [5.74, 6) is 0. The highest BCUT2D eigenvalue weighted by Gasteiger charge is 2.00. The monoisotopic (exact) mass is 266 g/mol. The molecule has 0 rings (SSSR count). The Kier molecular flexibility index (Phi) is 16.5. The lowest BCUT2D eigenvalue weighted by molar-refractivity contribution is 0.0728. The zero-order valence-electron chi connectivity index (χ0n) is 11.9. The van der Waals surface area contributed by atoms with Crippen molar-refractivity contribution in [2.24, 2.45) is 0 Å². The minimum atomic E-state index is -0.593. The Bertz CT molecular complexity index is 151. The van der Waals surface area contributed by atoms with Crippen molar-refractivity contribution in [1.29, 1.82) is 0 Å². The predicted molar refractivity (Wildman–Crippen MR) is 72.5 cm³/mol. The Morgan fingerprint density at radius 3 is 1.56 bits per heavy atom. The Morgan fingerprint density at radius 2 is 1.33 bits per heavy atom. The van der Waals surface area contributed by atoms with E-state index in [1.54, 1.807) is 0 Å². The van der Waals surface area contributed by atoms with Crippen LogP contribution in [0.2, 0.25) is 0 Å². The summed E-state index contributed by atoms with van der Waals surface area (Å²) >= 11 is 0. The number of hydrogen-bond donors (Lipinski definition) is 4. The minimum Gasteiger partial charge on any atom is -0.396 e. The van der Waals surface area contributed by atoms with Crippen LogP contribution in [0.4, 0.5) is 0 Å². The summed E-state index contributed by atoms with van der Waals surface area (Å²) in [7, 11) is 5.68. The molecule has 4 N–H and O–H groups in total. The third-order valence-corrected chi connectivity index (χ3v) is 2.18. The standard InChI is InChI=1S/C7H17NO2.C5H13NO2/c1-8(4-2-6-9)5-3-7-10;1-6(2)3-5(8)4-7/h9-10H,2-7H2,1H3;5,7-8H,3-4H2,1-2H3. The van der Waals surface area contributed by atoms with E-state index in [0.717, 1.165) is 25.9 Å². The van der Waals surface area contributed by atoms with Crippen molar-refractivity contribution in [2.45, 2.75) is 18.9 Å². The zero-order chi connectivity index (χ0) is 14.4. The maximum Gasteiger partial charge on any atom is 0.0897 e. The van der Waals surface area contributed by atoms with E-state index in [4.69, 9.17) is 20.4 Å². The average Bonchev–Trinajstić information content (AvgIpc) is 2.33. The fourth-order valence-electron chi connectivity index (χ4n) is 1.27. The molecule has 0 fully saturated rings. The summed E-state index contributed by atoms with van der Waals surface area (Å²) in [6.07, 6.45) is 1.05. The van der Waals surface area contributed by atoms with E-state index in [1.807, 2.05) is 26.0 Å². The second-order valence-corrected chi connectivity index (χ2v) is 4.56. The predicted octanol–water partition coefficient (Wildman–Crippen LogP) is -1.42. The first-order valence-corrected chi connectivity index (χ1v) is 6.31. The molecule has 0 aliphatic rings. The van der Waals surface area contributed by atoms with Crippen LogP contribution in [0, 0.1) is 0 Å². The van der Waals surface area contributed by atoms with Gasteiger partial charge in [0.1, 0.15) is 0 Å². The molecule has 0 radical (unpaired) electrons. The van der Waals surface area contributed by atoms with Crippen molar-refractivity contribution in [1.82, 2.24) is 9.80 Å². The lowest BCUT2D eigenvalue weighted by Gasteiger charge is -2.14. The second kappa shape index (κ2) is 14.8. The van der Waals surface area contributed by atoms with Crippen LogP contribution in [0.5, 0.6) is 0 Å². The highest BCUT2D eigenvalue weighted by molar-refractivity contribution is 4.54. The lowest BCUT2D eigenvalue weighted by Crippen LogP contribution is -2.28. The van der Waals surface area contributed by atoms with Crippen molar-refractivity contribution in [3.05, 3.63) is 0 Å². The van der Waals surface area contributed by atoms with Crippen molar-refractivity contribution in [2.75, 3.05) is 60.6 Å². The van der Waals surface area contributed by atoms with Crippen molar-refractivity contribution in [3.8, 4) is 0 Å². The molecule has 0 amide bonds. The van der Waals surface area contributed by atoms with Gasteiger partial charge in [-0.05, 0) is 34.0 Å². The van der Waals surface area contributed by atoms with Crippen molar-refractivity contribution >= 4 is 0 Å². The smallest absolute Gasteiger partial charge is 0.0897 e. The number of hydrogen-bond acceptors (Lipinski definition) is 6. The van der Waals surface area contributed by atoms with Crippen LogP contribution in [-0.4, -0.2) is 96.9 Å². The summed E-state index contributed by atoms with van der Waals surface area (Å²) in [6, 6.07) is 0. The number of rotatable bonds is 9. The van der Waals surface area contributed by atoms with Gasteiger partial charge in [-0.25, -0.2) is 0 Å². The summed E-state index contributed by atoms with van der Waals surface area (Å²) in [5.41, 5.74) is 0. The second-order valence-electron chi connectivity index (χ2n) is 4.56. The van der Waals surface area contributed by atoms with Crippen LogP contribution < -0.4 is 0 Å². The van der Waals surface area contributed by atoms with Crippen molar-refractivity contribution < 1.29 is 20.4 Å². The topological polar surface area (TPSA) is 87.4 Å². The van der Waals surface area contributed by atoms with Crippen LogP contribution in [0.3, 0.4) is 0 Å². The quantitative estimate of drug-likeness (QED) is 0.410. The van der Waals surface area contributed by atoms with Crippen LogP contribution >= 0.6 is 0 Å². The Labute approximate surface area is 110 Å². The molecule has 112 valence electrons. The largest absolute Gasteiger partial charge is 0.396 e. The van der Waals surface area contributed by atoms with E-state index in [0.29, 0.717) is 6.54 Å². The highest BCUT2D eigenvalue weighted by Crippen LogP contribution is 1.88. The summed E-state index contributed by atoms with van der Waals surface area (Å²) in [6.45, 7) is 2.70. The lowest BCUT2D eigenvalue weighted by atomic mass is 10.3. The molecule has 0 aromatic rings.